The summed E-state index contributed by atoms with van der Waals surface area (Å²) in [4.78, 5) is 13.1. The van der Waals surface area contributed by atoms with Crippen molar-refractivity contribution in [2.45, 2.75) is 45.6 Å². The van der Waals surface area contributed by atoms with Gasteiger partial charge in [0.2, 0.25) is 0 Å². The van der Waals surface area contributed by atoms with Crippen LogP contribution in [0.25, 0.3) is 0 Å². The third kappa shape index (κ3) is 6.23. The molecule has 114 valence electrons. The van der Waals surface area contributed by atoms with Gasteiger partial charge in [-0.1, -0.05) is 26.2 Å². The van der Waals surface area contributed by atoms with Gasteiger partial charge in [-0.25, -0.2) is 4.79 Å². The molecule has 0 aromatic carbocycles. The first kappa shape index (κ1) is 17.5. The number of carbonyl (C=O) groups excluding carboxylic acids is 1. The van der Waals surface area contributed by atoms with Gasteiger partial charge >= 0.3 is 6.09 Å². The highest BCUT2D eigenvalue weighted by molar-refractivity contribution is 7.37. The fraction of sp³-hybridized carbons (Fsp3) is 0.667. The predicted octanol–water partition coefficient (Wildman–Crippen LogP) is 4.71. The van der Waals surface area contributed by atoms with Gasteiger partial charge in [-0.05, 0) is 43.2 Å². The van der Waals surface area contributed by atoms with Crippen LogP contribution in [-0.4, -0.2) is 25.5 Å². The smallest absolute Gasteiger partial charge is 0.407 e. The molecule has 0 aliphatic heterocycles. The van der Waals surface area contributed by atoms with Gasteiger partial charge in [-0.2, -0.15) is 0 Å². The second-order valence-electron chi connectivity index (χ2n) is 4.92. The summed E-state index contributed by atoms with van der Waals surface area (Å²) in [6, 6.07) is 2.20. The van der Waals surface area contributed by atoms with Gasteiger partial charge in [-0.3, -0.25) is 0 Å². The largest absolute Gasteiger partial charge is 0.450 e. The highest BCUT2D eigenvalue weighted by Gasteiger charge is 2.17. The topological polar surface area (TPSA) is 38.3 Å². The van der Waals surface area contributed by atoms with E-state index in [4.69, 9.17) is 4.74 Å². The first-order valence-corrected chi connectivity index (χ1v) is 9.89. The van der Waals surface area contributed by atoms with Crippen molar-refractivity contribution in [3.05, 3.63) is 21.9 Å². The summed E-state index contributed by atoms with van der Waals surface area (Å²) in [5, 5.41) is 5.09. The normalized spacial score (nSPS) is 12.8. The van der Waals surface area contributed by atoms with Crippen LogP contribution in [-0.2, 0) is 4.74 Å². The summed E-state index contributed by atoms with van der Waals surface area (Å²) in [6.07, 6.45) is 5.19. The molecule has 0 saturated heterocycles. The minimum atomic E-state index is -0.280. The lowest BCUT2D eigenvalue weighted by Crippen LogP contribution is -2.30. The summed E-state index contributed by atoms with van der Waals surface area (Å²) < 4.78 is 5.26. The number of thiophene rings is 1. The van der Waals surface area contributed by atoms with E-state index in [2.05, 4.69) is 37.3 Å². The third-order valence-corrected chi connectivity index (χ3v) is 5.10. The molecule has 0 saturated carbocycles. The standard InChI is InChI=1S/C15H26NO2PS/c1-4-5-6-7-9-18-15(17)16-13(11-19-3)14-12(2)8-10-20-14/h8,10,13,19H,4-7,9,11H2,1-3H3,(H,16,17)/t13-/m1/s1. The number of carbonyl (C=O) groups is 1. The van der Waals surface area contributed by atoms with Gasteiger partial charge in [0.25, 0.3) is 0 Å². The van der Waals surface area contributed by atoms with Crippen LogP contribution in [0.5, 0.6) is 0 Å². The Morgan fingerprint density at radius 3 is 2.85 bits per heavy atom. The number of amides is 1. The van der Waals surface area contributed by atoms with Crippen molar-refractivity contribution in [2.75, 3.05) is 19.4 Å². The molecular weight excluding hydrogens is 289 g/mol. The number of alkyl carbamates (subject to hydrolysis) is 1. The fourth-order valence-electron chi connectivity index (χ4n) is 2.03. The van der Waals surface area contributed by atoms with E-state index in [1.165, 1.54) is 23.3 Å². The molecule has 0 aliphatic carbocycles. The molecule has 0 radical (unpaired) electrons. The molecule has 0 aliphatic rings. The Morgan fingerprint density at radius 2 is 2.25 bits per heavy atom. The average molecular weight is 315 g/mol. The molecule has 20 heavy (non-hydrogen) atoms. The fourth-order valence-corrected chi connectivity index (χ4v) is 3.87. The Balaban J connectivity index is 2.38. The van der Waals surface area contributed by atoms with Crippen molar-refractivity contribution < 1.29 is 9.53 Å². The molecule has 1 aromatic heterocycles. The van der Waals surface area contributed by atoms with E-state index in [0.29, 0.717) is 6.61 Å². The van der Waals surface area contributed by atoms with E-state index in [0.717, 1.165) is 27.6 Å². The Kier molecular flexibility index (Phi) is 8.88. The zero-order valence-corrected chi connectivity index (χ0v) is 14.5. The number of hydrogen-bond acceptors (Lipinski definition) is 3. The monoisotopic (exact) mass is 315 g/mol. The van der Waals surface area contributed by atoms with Crippen LogP contribution in [0, 0.1) is 6.92 Å². The number of aryl methyl sites for hydroxylation is 1. The van der Waals surface area contributed by atoms with Gasteiger partial charge < -0.3 is 10.1 Å². The Bertz CT molecular complexity index is 395. The van der Waals surface area contributed by atoms with Crippen molar-refractivity contribution in [3.8, 4) is 0 Å². The second kappa shape index (κ2) is 10.2. The summed E-state index contributed by atoms with van der Waals surface area (Å²) in [5.74, 6) is 0. The van der Waals surface area contributed by atoms with Crippen LogP contribution in [0.1, 0.15) is 49.1 Å². The highest BCUT2D eigenvalue weighted by Crippen LogP contribution is 2.27. The van der Waals surface area contributed by atoms with E-state index < -0.39 is 0 Å². The molecule has 2 atom stereocenters. The van der Waals surface area contributed by atoms with Crippen molar-refractivity contribution in [1.29, 1.82) is 0 Å². The Labute approximate surface area is 128 Å². The summed E-state index contributed by atoms with van der Waals surface area (Å²) in [5.41, 5.74) is 1.25. The lowest BCUT2D eigenvalue weighted by Gasteiger charge is -2.17. The number of ether oxygens (including phenoxy) is 1. The highest BCUT2D eigenvalue weighted by atomic mass is 32.1. The van der Waals surface area contributed by atoms with Crippen LogP contribution in [0.15, 0.2) is 11.4 Å². The van der Waals surface area contributed by atoms with Crippen LogP contribution >= 0.6 is 19.9 Å². The molecule has 0 fully saturated rings. The third-order valence-electron chi connectivity index (χ3n) is 3.15. The SMILES string of the molecule is CCCCCCOC(=O)N[C@H](CPC)c1sccc1C. The maximum absolute atomic E-state index is 11.8. The van der Waals surface area contributed by atoms with Crippen molar-refractivity contribution in [2.24, 2.45) is 0 Å². The molecule has 1 N–H and O–H groups in total. The molecule has 1 aromatic rings. The minimum absolute atomic E-state index is 0.0986. The van der Waals surface area contributed by atoms with Gasteiger partial charge in [0.15, 0.2) is 0 Å². The molecule has 3 nitrogen and oxygen atoms in total. The lowest BCUT2D eigenvalue weighted by atomic mass is 10.2. The van der Waals surface area contributed by atoms with E-state index in [9.17, 15) is 4.79 Å². The minimum Gasteiger partial charge on any atom is -0.450 e. The van der Waals surface area contributed by atoms with Crippen LogP contribution in [0.4, 0.5) is 4.79 Å². The molecule has 1 unspecified atom stereocenters. The maximum atomic E-state index is 11.8. The summed E-state index contributed by atoms with van der Waals surface area (Å²) in [7, 11) is 0.811. The van der Waals surface area contributed by atoms with E-state index in [1.54, 1.807) is 11.3 Å². The molecular formula is C15H26NO2PS. The molecule has 1 rings (SSSR count). The Hall–Kier alpha value is -0.600. The Morgan fingerprint density at radius 1 is 1.45 bits per heavy atom. The average Bonchev–Trinajstić information content (AvgIpc) is 2.84. The zero-order valence-electron chi connectivity index (χ0n) is 12.7. The summed E-state index contributed by atoms with van der Waals surface area (Å²) in [6.45, 7) is 6.95. The second-order valence-corrected chi connectivity index (χ2v) is 6.98. The number of unbranched alkanes of at least 4 members (excludes halogenated alkanes) is 3. The zero-order chi connectivity index (χ0) is 14.8. The van der Waals surface area contributed by atoms with Gasteiger partial charge in [-0.15, -0.1) is 19.9 Å². The number of hydrogen-bond donors (Lipinski definition) is 1. The first-order chi connectivity index (χ1) is 9.69. The van der Waals surface area contributed by atoms with Gasteiger partial charge in [0.1, 0.15) is 0 Å². The first-order valence-electron chi connectivity index (χ1n) is 7.31. The molecule has 1 heterocycles. The lowest BCUT2D eigenvalue weighted by molar-refractivity contribution is 0.141. The van der Waals surface area contributed by atoms with E-state index in [-0.39, 0.29) is 12.1 Å². The molecule has 0 spiro atoms. The van der Waals surface area contributed by atoms with Crippen molar-refractivity contribution in [1.82, 2.24) is 5.32 Å². The number of nitrogens with one attached hydrogen (secondary N) is 1. The molecule has 0 bridgehead atoms. The van der Waals surface area contributed by atoms with Crippen LogP contribution < -0.4 is 5.32 Å². The molecule has 1 amide bonds. The van der Waals surface area contributed by atoms with Crippen molar-refractivity contribution in [3.63, 3.8) is 0 Å². The predicted molar refractivity (Wildman–Crippen MR) is 89.5 cm³/mol. The van der Waals surface area contributed by atoms with Crippen LogP contribution in [0.3, 0.4) is 0 Å². The van der Waals surface area contributed by atoms with E-state index >= 15 is 0 Å². The van der Waals surface area contributed by atoms with Gasteiger partial charge in [0.05, 0.1) is 12.6 Å². The van der Waals surface area contributed by atoms with E-state index in [1.807, 2.05) is 0 Å². The number of rotatable bonds is 9. The van der Waals surface area contributed by atoms with Crippen molar-refractivity contribution >= 4 is 26.0 Å². The maximum Gasteiger partial charge on any atom is 0.407 e. The quantitative estimate of drug-likeness (QED) is 0.529. The molecule has 5 heteroatoms. The van der Waals surface area contributed by atoms with Gasteiger partial charge in [0, 0.05) is 4.88 Å². The summed E-state index contributed by atoms with van der Waals surface area (Å²) >= 11 is 1.71. The van der Waals surface area contributed by atoms with Crippen LogP contribution in [0.2, 0.25) is 0 Å².